The van der Waals surface area contributed by atoms with Gasteiger partial charge in [0, 0.05) is 11.3 Å². The van der Waals surface area contributed by atoms with Crippen molar-refractivity contribution in [3.8, 4) is 11.4 Å². The molecule has 0 radical (unpaired) electrons. The molecule has 136 valence electrons. The van der Waals surface area contributed by atoms with Gasteiger partial charge in [0.15, 0.2) is 11.6 Å². The highest BCUT2D eigenvalue weighted by molar-refractivity contribution is 5.77. The number of rotatable bonds is 3. The molecule has 4 rings (SSSR count). The number of nitrogens with one attached hydrogen (secondary N) is 1. The molecule has 0 aliphatic carbocycles. The number of hydrogen-bond donors (Lipinski definition) is 1. The summed E-state index contributed by atoms with van der Waals surface area (Å²) in [5, 5.41) is 8.21. The smallest absolute Gasteiger partial charge is 0.182 e. The highest BCUT2D eigenvalue weighted by Gasteiger charge is 2.16. The van der Waals surface area contributed by atoms with Crippen molar-refractivity contribution in [2.75, 3.05) is 5.32 Å². The summed E-state index contributed by atoms with van der Waals surface area (Å²) in [5.74, 6) is 2.29. The quantitative estimate of drug-likeness (QED) is 0.556. The van der Waals surface area contributed by atoms with Gasteiger partial charge >= 0.3 is 0 Å². The van der Waals surface area contributed by atoms with Gasteiger partial charge in [-0.05, 0) is 57.9 Å². The molecule has 0 bridgehead atoms. The van der Waals surface area contributed by atoms with Crippen LogP contribution in [0, 0.1) is 34.6 Å². The van der Waals surface area contributed by atoms with Crippen LogP contribution in [0.5, 0.6) is 0 Å². The Balaban J connectivity index is 1.89. The maximum atomic E-state index is 4.84. The van der Waals surface area contributed by atoms with Gasteiger partial charge in [0.05, 0.1) is 5.69 Å². The molecule has 0 spiro atoms. The zero-order valence-electron chi connectivity index (χ0n) is 16.3. The van der Waals surface area contributed by atoms with E-state index in [1.807, 2.05) is 18.4 Å². The van der Waals surface area contributed by atoms with Crippen LogP contribution in [0.25, 0.3) is 16.9 Å². The Morgan fingerprint density at radius 2 is 1.56 bits per heavy atom. The molecule has 0 saturated heterocycles. The van der Waals surface area contributed by atoms with Crippen molar-refractivity contribution in [1.29, 1.82) is 0 Å². The van der Waals surface area contributed by atoms with Gasteiger partial charge < -0.3 is 5.32 Å². The summed E-state index contributed by atoms with van der Waals surface area (Å²) in [4.78, 5) is 9.43. The molecule has 2 aromatic carbocycles. The highest BCUT2D eigenvalue weighted by atomic mass is 15.3. The average Bonchev–Trinajstić information content (AvgIpc) is 2.93. The first-order valence-electron chi connectivity index (χ1n) is 9.07. The van der Waals surface area contributed by atoms with Crippen molar-refractivity contribution >= 4 is 17.0 Å². The Bertz CT molecular complexity index is 1140. The highest BCUT2D eigenvalue weighted by Crippen LogP contribution is 2.27. The maximum absolute atomic E-state index is 4.84. The Labute approximate surface area is 159 Å². The Kier molecular flexibility index (Phi) is 4.15. The molecule has 0 atom stereocenters. The van der Waals surface area contributed by atoms with Gasteiger partial charge in [-0.1, -0.05) is 35.9 Å². The Hall–Kier alpha value is -3.21. The van der Waals surface area contributed by atoms with Crippen molar-refractivity contribution in [2.24, 2.45) is 0 Å². The summed E-state index contributed by atoms with van der Waals surface area (Å²) in [6.45, 7) is 10.3. The Morgan fingerprint density at radius 1 is 0.815 bits per heavy atom. The van der Waals surface area contributed by atoms with Gasteiger partial charge in [-0.15, -0.1) is 5.10 Å². The second-order valence-corrected chi connectivity index (χ2v) is 7.08. The lowest BCUT2D eigenvalue weighted by molar-refractivity contribution is 0.861. The predicted octanol–water partition coefficient (Wildman–Crippen LogP) is 5.08. The molecule has 2 heterocycles. The topological polar surface area (TPSA) is 55.1 Å². The normalized spacial score (nSPS) is 11.1. The lowest BCUT2D eigenvalue weighted by atomic mass is 10.1. The number of benzene rings is 2. The van der Waals surface area contributed by atoms with E-state index in [2.05, 4.69) is 73.5 Å². The Morgan fingerprint density at radius 3 is 2.26 bits per heavy atom. The molecule has 0 unspecified atom stereocenters. The fourth-order valence-corrected chi connectivity index (χ4v) is 3.20. The van der Waals surface area contributed by atoms with E-state index in [1.54, 1.807) is 0 Å². The van der Waals surface area contributed by atoms with Gasteiger partial charge in [0.1, 0.15) is 11.3 Å². The third-order valence-electron chi connectivity index (χ3n) is 4.91. The van der Waals surface area contributed by atoms with E-state index in [4.69, 9.17) is 10.1 Å². The average molecular weight is 357 g/mol. The molecule has 27 heavy (non-hydrogen) atoms. The van der Waals surface area contributed by atoms with Crippen LogP contribution in [-0.4, -0.2) is 19.6 Å². The molecular weight excluding hydrogens is 334 g/mol. The first-order chi connectivity index (χ1) is 12.9. The summed E-state index contributed by atoms with van der Waals surface area (Å²) >= 11 is 0. The minimum absolute atomic E-state index is 0.675. The van der Waals surface area contributed by atoms with Gasteiger partial charge in [0.25, 0.3) is 0 Å². The summed E-state index contributed by atoms with van der Waals surface area (Å²) in [6, 6.07) is 14.6. The molecule has 2 aromatic heterocycles. The van der Waals surface area contributed by atoms with Crippen molar-refractivity contribution < 1.29 is 0 Å². The fourth-order valence-electron chi connectivity index (χ4n) is 3.20. The summed E-state index contributed by atoms with van der Waals surface area (Å²) in [7, 11) is 0. The number of hydrogen-bond acceptors (Lipinski definition) is 4. The molecule has 4 aromatic rings. The van der Waals surface area contributed by atoms with E-state index in [0.717, 1.165) is 34.1 Å². The SMILES string of the molecule is Cc1ccc(-c2nc(Nc3ccc(C)c(C)c3)c3c(C)nc(C)n3n2)cc1. The summed E-state index contributed by atoms with van der Waals surface area (Å²) in [6.07, 6.45) is 0. The number of imidazole rings is 1. The standard InChI is InChI=1S/C22H23N5/c1-13-6-9-18(10-7-13)21-25-22(20-16(4)23-17(5)27(20)26-21)24-19-11-8-14(2)15(3)12-19/h6-12H,1-5H3,(H,24,25,26). The maximum Gasteiger partial charge on any atom is 0.182 e. The van der Waals surface area contributed by atoms with Crippen LogP contribution >= 0.6 is 0 Å². The van der Waals surface area contributed by atoms with Crippen molar-refractivity contribution in [2.45, 2.75) is 34.6 Å². The van der Waals surface area contributed by atoms with Crippen LogP contribution in [-0.2, 0) is 0 Å². The molecule has 0 amide bonds. The zero-order valence-corrected chi connectivity index (χ0v) is 16.3. The second-order valence-electron chi connectivity index (χ2n) is 7.08. The van der Waals surface area contributed by atoms with Crippen LogP contribution < -0.4 is 5.32 Å². The lowest BCUT2D eigenvalue weighted by Gasteiger charge is -2.12. The van der Waals surface area contributed by atoms with Crippen LogP contribution in [0.2, 0.25) is 0 Å². The van der Waals surface area contributed by atoms with Gasteiger partial charge in [0.2, 0.25) is 0 Å². The first kappa shape index (κ1) is 17.2. The van der Waals surface area contributed by atoms with Crippen LogP contribution in [0.4, 0.5) is 11.5 Å². The number of anilines is 2. The van der Waals surface area contributed by atoms with E-state index in [1.165, 1.54) is 16.7 Å². The molecular formula is C22H23N5. The number of aromatic nitrogens is 4. The number of nitrogens with zero attached hydrogens (tertiary/aromatic N) is 4. The second kappa shape index (κ2) is 6.50. The van der Waals surface area contributed by atoms with E-state index in [-0.39, 0.29) is 0 Å². The van der Waals surface area contributed by atoms with Crippen LogP contribution in [0.15, 0.2) is 42.5 Å². The van der Waals surface area contributed by atoms with Gasteiger partial charge in [-0.25, -0.2) is 14.5 Å². The number of fused-ring (bicyclic) bond motifs is 1. The van der Waals surface area contributed by atoms with E-state index in [0.29, 0.717) is 5.82 Å². The molecule has 0 saturated carbocycles. The van der Waals surface area contributed by atoms with E-state index >= 15 is 0 Å². The summed E-state index contributed by atoms with van der Waals surface area (Å²) < 4.78 is 1.88. The van der Waals surface area contributed by atoms with Crippen LogP contribution in [0.1, 0.15) is 28.2 Å². The molecule has 5 heteroatoms. The third-order valence-corrected chi connectivity index (χ3v) is 4.91. The monoisotopic (exact) mass is 357 g/mol. The summed E-state index contributed by atoms with van der Waals surface area (Å²) in [5.41, 5.74) is 7.53. The molecule has 0 aliphatic rings. The molecule has 5 nitrogen and oxygen atoms in total. The third kappa shape index (κ3) is 3.16. The largest absolute Gasteiger partial charge is 0.338 e. The zero-order chi connectivity index (χ0) is 19.1. The van der Waals surface area contributed by atoms with E-state index < -0.39 is 0 Å². The molecule has 0 fully saturated rings. The van der Waals surface area contributed by atoms with E-state index in [9.17, 15) is 0 Å². The van der Waals surface area contributed by atoms with Gasteiger partial charge in [-0.2, -0.15) is 0 Å². The number of aryl methyl sites for hydroxylation is 5. The van der Waals surface area contributed by atoms with Crippen LogP contribution in [0.3, 0.4) is 0 Å². The minimum atomic E-state index is 0.675. The fraction of sp³-hybridized carbons (Fsp3) is 0.227. The molecule has 0 aliphatic heterocycles. The van der Waals surface area contributed by atoms with Gasteiger partial charge in [-0.3, -0.25) is 0 Å². The lowest BCUT2D eigenvalue weighted by Crippen LogP contribution is -2.05. The van der Waals surface area contributed by atoms with Crippen molar-refractivity contribution in [1.82, 2.24) is 19.6 Å². The van der Waals surface area contributed by atoms with Crippen molar-refractivity contribution in [3.05, 3.63) is 70.7 Å². The molecule has 1 N–H and O–H groups in total. The predicted molar refractivity (Wildman–Crippen MR) is 110 cm³/mol. The van der Waals surface area contributed by atoms with Crippen molar-refractivity contribution in [3.63, 3.8) is 0 Å². The first-order valence-corrected chi connectivity index (χ1v) is 9.07. The minimum Gasteiger partial charge on any atom is -0.338 e.